The number of aliphatic carboxylic acids is 1. The number of carboxylic acids is 1. The predicted molar refractivity (Wildman–Crippen MR) is 109 cm³/mol. The summed E-state index contributed by atoms with van der Waals surface area (Å²) in [4.78, 5) is 36.3. The van der Waals surface area contributed by atoms with Crippen LogP contribution in [0, 0.1) is 0 Å². The number of carboxylic acid groups (broad SMARTS) is 1. The van der Waals surface area contributed by atoms with Gasteiger partial charge in [-0.2, -0.15) is 0 Å². The SMILES string of the molecule is NCCCC(C(=O)N1CCC[C@H]1C(=O)O)P(=O)(O)CCCCc1ccccc1. The van der Waals surface area contributed by atoms with Gasteiger partial charge in [-0.25, -0.2) is 4.79 Å². The predicted octanol–water partition coefficient (Wildman–Crippen LogP) is 2.46. The Labute approximate surface area is 166 Å². The Hall–Kier alpha value is -1.69. The van der Waals surface area contributed by atoms with Crippen molar-refractivity contribution in [2.75, 3.05) is 19.3 Å². The molecule has 0 radical (unpaired) electrons. The molecule has 1 aliphatic heterocycles. The number of hydrogen-bond donors (Lipinski definition) is 3. The van der Waals surface area contributed by atoms with Gasteiger partial charge in [-0.15, -0.1) is 0 Å². The maximum atomic E-state index is 13.0. The van der Waals surface area contributed by atoms with Gasteiger partial charge in [-0.3, -0.25) is 9.36 Å². The molecule has 8 heteroatoms. The first-order valence-corrected chi connectivity index (χ1v) is 11.9. The largest absolute Gasteiger partial charge is 0.480 e. The second-order valence-corrected chi connectivity index (χ2v) is 9.98. The van der Waals surface area contributed by atoms with Crippen LogP contribution in [0.1, 0.15) is 44.1 Å². The Morgan fingerprint density at radius 1 is 1.21 bits per heavy atom. The van der Waals surface area contributed by atoms with Crippen molar-refractivity contribution in [1.29, 1.82) is 0 Å². The van der Waals surface area contributed by atoms with Crippen molar-refractivity contribution in [1.82, 2.24) is 4.90 Å². The Kier molecular flexibility index (Phi) is 8.67. The van der Waals surface area contributed by atoms with E-state index < -0.39 is 30.9 Å². The van der Waals surface area contributed by atoms with Crippen molar-refractivity contribution in [3.63, 3.8) is 0 Å². The molecule has 28 heavy (non-hydrogen) atoms. The third-order valence-corrected chi connectivity index (χ3v) is 7.72. The molecule has 0 spiro atoms. The molecule has 2 unspecified atom stereocenters. The first-order chi connectivity index (χ1) is 13.4. The highest BCUT2D eigenvalue weighted by Crippen LogP contribution is 2.50. The van der Waals surface area contributed by atoms with Crippen molar-refractivity contribution in [2.45, 2.75) is 56.6 Å². The molecule has 2 rings (SSSR count). The molecule has 4 N–H and O–H groups in total. The number of nitrogens with zero attached hydrogens (tertiary/aromatic N) is 1. The van der Waals surface area contributed by atoms with Crippen LogP contribution >= 0.6 is 7.37 Å². The van der Waals surface area contributed by atoms with E-state index in [1.54, 1.807) is 0 Å². The third kappa shape index (κ3) is 6.16. The lowest BCUT2D eigenvalue weighted by Gasteiger charge is -2.29. The number of likely N-dealkylation sites (tertiary alicyclic amines) is 1. The van der Waals surface area contributed by atoms with Gasteiger partial charge in [0.15, 0.2) is 0 Å². The lowest BCUT2D eigenvalue weighted by molar-refractivity contribution is -0.148. The van der Waals surface area contributed by atoms with Gasteiger partial charge in [-0.1, -0.05) is 30.3 Å². The summed E-state index contributed by atoms with van der Waals surface area (Å²) >= 11 is 0. The normalized spacial score (nSPS) is 19.9. The van der Waals surface area contributed by atoms with E-state index in [4.69, 9.17) is 5.73 Å². The second-order valence-electron chi connectivity index (χ2n) is 7.40. The molecule has 7 nitrogen and oxygen atoms in total. The van der Waals surface area contributed by atoms with Crippen LogP contribution in [0.5, 0.6) is 0 Å². The van der Waals surface area contributed by atoms with Gasteiger partial charge in [0.1, 0.15) is 11.7 Å². The monoisotopic (exact) mass is 410 g/mol. The average Bonchev–Trinajstić information content (AvgIpc) is 3.16. The molecule has 0 aromatic heterocycles. The summed E-state index contributed by atoms with van der Waals surface area (Å²) in [7, 11) is -3.76. The van der Waals surface area contributed by atoms with Gasteiger partial charge in [0.05, 0.1) is 0 Å². The molecule has 1 aromatic carbocycles. The first kappa shape index (κ1) is 22.6. The zero-order chi connectivity index (χ0) is 20.6. The van der Waals surface area contributed by atoms with Crippen LogP contribution in [-0.2, 0) is 20.6 Å². The zero-order valence-corrected chi connectivity index (χ0v) is 17.1. The van der Waals surface area contributed by atoms with Crippen molar-refractivity contribution in [3.05, 3.63) is 35.9 Å². The number of hydrogen-bond acceptors (Lipinski definition) is 4. The van der Waals surface area contributed by atoms with Gasteiger partial charge < -0.3 is 20.6 Å². The van der Waals surface area contributed by atoms with Crippen LogP contribution in [-0.4, -0.2) is 57.7 Å². The third-order valence-electron chi connectivity index (χ3n) is 5.31. The Morgan fingerprint density at radius 2 is 1.93 bits per heavy atom. The number of nitrogens with two attached hydrogens (primary N) is 1. The van der Waals surface area contributed by atoms with Gasteiger partial charge in [0, 0.05) is 12.7 Å². The quantitative estimate of drug-likeness (QED) is 0.381. The van der Waals surface area contributed by atoms with Crippen LogP contribution in [0.4, 0.5) is 0 Å². The molecule has 0 aliphatic carbocycles. The van der Waals surface area contributed by atoms with Crippen molar-refractivity contribution < 1.29 is 24.2 Å². The standard InChI is InChI=1S/C20H31N2O5P/c21-13-6-12-18(19(23)22-14-7-11-17(22)20(24)25)28(26,27)15-5-4-10-16-8-2-1-3-9-16/h1-3,8-9,17-18H,4-7,10-15,21H2,(H,24,25)(H,26,27)/t17-,18?/m0/s1. The van der Waals surface area contributed by atoms with Crippen molar-refractivity contribution in [3.8, 4) is 0 Å². The number of amides is 1. The minimum Gasteiger partial charge on any atom is -0.480 e. The summed E-state index contributed by atoms with van der Waals surface area (Å²) < 4.78 is 13.0. The van der Waals surface area contributed by atoms with E-state index >= 15 is 0 Å². The van der Waals surface area contributed by atoms with E-state index in [-0.39, 0.29) is 12.6 Å². The molecule has 1 heterocycles. The summed E-state index contributed by atoms with van der Waals surface area (Å²) in [6.45, 7) is 0.642. The number of aryl methyl sites for hydroxylation is 1. The Morgan fingerprint density at radius 3 is 2.57 bits per heavy atom. The van der Waals surface area contributed by atoms with E-state index in [2.05, 4.69) is 0 Å². The van der Waals surface area contributed by atoms with Gasteiger partial charge in [-0.05, 0) is 57.1 Å². The molecule has 1 fully saturated rings. The van der Waals surface area contributed by atoms with Crippen molar-refractivity contribution in [2.24, 2.45) is 5.73 Å². The first-order valence-electron chi connectivity index (χ1n) is 9.95. The maximum Gasteiger partial charge on any atom is 0.326 e. The van der Waals surface area contributed by atoms with Gasteiger partial charge in [0.25, 0.3) is 0 Å². The molecule has 1 saturated heterocycles. The van der Waals surface area contributed by atoms with E-state index in [1.165, 1.54) is 10.5 Å². The maximum absolute atomic E-state index is 13.0. The van der Waals surface area contributed by atoms with E-state index in [1.807, 2.05) is 30.3 Å². The summed E-state index contributed by atoms with van der Waals surface area (Å²) in [6, 6.07) is 9.01. The fourth-order valence-corrected chi connectivity index (χ4v) is 5.82. The van der Waals surface area contributed by atoms with Crippen LogP contribution in [0.15, 0.2) is 30.3 Å². The van der Waals surface area contributed by atoms with Crippen LogP contribution < -0.4 is 5.73 Å². The van der Waals surface area contributed by atoms with E-state index in [0.717, 1.165) is 12.8 Å². The molecule has 156 valence electrons. The number of rotatable bonds is 11. The highest BCUT2D eigenvalue weighted by molar-refractivity contribution is 7.59. The van der Waals surface area contributed by atoms with Crippen LogP contribution in [0.2, 0.25) is 0 Å². The molecule has 3 atom stereocenters. The summed E-state index contributed by atoms with van der Waals surface area (Å²) in [6.07, 6.45) is 3.82. The molecular formula is C20H31N2O5P. The number of benzene rings is 1. The van der Waals surface area contributed by atoms with Crippen molar-refractivity contribution >= 4 is 19.2 Å². The minimum atomic E-state index is -3.76. The van der Waals surface area contributed by atoms with Crippen LogP contribution in [0.25, 0.3) is 0 Å². The summed E-state index contributed by atoms with van der Waals surface area (Å²) in [5, 5.41) is 9.33. The van der Waals surface area contributed by atoms with Gasteiger partial charge >= 0.3 is 5.97 Å². The highest BCUT2D eigenvalue weighted by atomic mass is 31.2. The average molecular weight is 410 g/mol. The molecule has 1 amide bonds. The van der Waals surface area contributed by atoms with E-state index in [9.17, 15) is 24.2 Å². The summed E-state index contributed by atoms with van der Waals surface area (Å²) in [5.41, 5.74) is 5.66. The topological polar surface area (TPSA) is 121 Å². The minimum absolute atomic E-state index is 0.0619. The fraction of sp³-hybridized carbons (Fsp3) is 0.600. The highest BCUT2D eigenvalue weighted by Gasteiger charge is 2.43. The molecule has 1 aliphatic rings. The molecule has 0 saturated carbocycles. The number of carbonyl (C=O) groups excluding carboxylic acids is 1. The Bertz CT molecular complexity index is 697. The fourth-order valence-electron chi connectivity index (χ4n) is 3.76. The summed E-state index contributed by atoms with van der Waals surface area (Å²) in [5.74, 6) is -1.56. The zero-order valence-electron chi connectivity index (χ0n) is 16.2. The lowest BCUT2D eigenvalue weighted by atomic mass is 10.1. The van der Waals surface area contributed by atoms with Crippen LogP contribution in [0.3, 0.4) is 0 Å². The molecular weight excluding hydrogens is 379 g/mol. The smallest absolute Gasteiger partial charge is 0.326 e. The lowest BCUT2D eigenvalue weighted by Crippen LogP contribution is -2.45. The Balaban J connectivity index is 1.99. The molecule has 0 bridgehead atoms. The van der Waals surface area contributed by atoms with E-state index in [0.29, 0.717) is 38.8 Å². The number of unbranched alkanes of at least 4 members (excludes halogenated alkanes) is 1. The second kappa shape index (κ2) is 10.7. The van der Waals surface area contributed by atoms with Gasteiger partial charge in [0.2, 0.25) is 13.3 Å². The number of carbonyl (C=O) groups is 2. The molecule has 1 aromatic rings.